The molecule has 2 nitrogen and oxygen atoms in total. The molecule has 3 heteroatoms. The molecule has 1 radical (unpaired) electrons. The van der Waals surface area contributed by atoms with Gasteiger partial charge in [0, 0.05) is 6.10 Å². The van der Waals surface area contributed by atoms with E-state index >= 15 is 0 Å². The summed E-state index contributed by atoms with van der Waals surface area (Å²) in [5.41, 5.74) is 0. The van der Waals surface area contributed by atoms with Gasteiger partial charge in [0.1, 0.15) is 0 Å². The minimum Gasteiger partial charge on any atom is -0.415 e. The van der Waals surface area contributed by atoms with Crippen LogP contribution in [0.5, 0.6) is 0 Å². The maximum absolute atomic E-state index is 5.85. The second kappa shape index (κ2) is 4.98. The smallest absolute Gasteiger partial charge is 0.208 e. The summed E-state index contributed by atoms with van der Waals surface area (Å²) in [5, 5.41) is 0. The van der Waals surface area contributed by atoms with E-state index in [9.17, 15) is 0 Å². The first-order valence-corrected chi connectivity index (χ1v) is 8.41. The molecule has 0 spiro atoms. The Kier molecular flexibility index (Phi) is 3.86. The van der Waals surface area contributed by atoms with Crippen LogP contribution in [0.1, 0.15) is 39.5 Å². The average Bonchev–Trinajstić information content (AvgIpc) is 2.91. The maximum atomic E-state index is 5.85. The number of ether oxygens (including phenoxy) is 1. The van der Waals surface area contributed by atoms with Gasteiger partial charge in [0.15, 0.2) is 0 Å². The zero-order chi connectivity index (χ0) is 10.8. The van der Waals surface area contributed by atoms with Crippen LogP contribution in [0.25, 0.3) is 0 Å². The standard InChI is InChI=1S/C12H23O2Si/c1-9(2)14-15(3)7-6-10-4-5-11-12(8-10)13-11/h9-12H,4-8H2,1-3H3. The van der Waals surface area contributed by atoms with Gasteiger partial charge in [-0.3, -0.25) is 0 Å². The molecule has 3 unspecified atom stereocenters. The lowest BCUT2D eigenvalue weighted by Crippen LogP contribution is -2.21. The molecule has 0 amide bonds. The largest absolute Gasteiger partial charge is 0.415 e. The van der Waals surface area contributed by atoms with Crippen LogP contribution < -0.4 is 0 Å². The molecule has 0 aromatic rings. The van der Waals surface area contributed by atoms with Crippen molar-refractivity contribution in [2.45, 2.75) is 70.4 Å². The molecule has 1 aliphatic heterocycles. The van der Waals surface area contributed by atoms with Gasteiger partial charge in [0.05, 0.1) is 12.2 Å². The van der Waals surface area contributed by atoms with Crippen LogP contribution in [0.3, 0.4) is 0 Å². The predicted octanol–water partition coefficient (Wildman–Crippen LogP) is 2.99. The van der Waals surface area contributed by atoms with Crippen molar-refractivity contribution in [3.63, 3.8) is 0 Å². The average molecular weight is 227 g/mol. The summed E-state index contributed by atoms with van der Waals surface area (Å²) in [5.74, 6) is 0.921. The molecule has 87 valence electrons. The predicted molar refractivity (Wildman–Crippen MR) is 63.3 cm³/mol. The summed E-state index contributed by atoms with van der Waals surface area (Å²) in [7, 11) is -0.532. The van der Waals surface area contributed by atoms with Crippen LogP contribution >= 0.6 is 0 Å². The summed E-state index contributed by atoms with van der Waals surface area (Å²) in [6.45, 7) is 6.57. The first kappa shape index (κ1) is 11.6. The van der Waals surface area contributed by atoms with Crippen molar-refractivity contribution in [2.24, 2.45) is 5.92 Å². The molecule has 2 aliphatic rings. The third-order valence-corrected chi connectivity index (χ3v) is 5.32. The zero-order valence-corrected chi connectivity index (χ0v) is 11.2. The van der Waals surface area contributed by atoms with Crippen LogP contribution in [0.4, 0.5) is 0 Å². The monoisotopic (exact) mass is 227 g/mol. The Hall–Kier alpha value is 0.137. The number of fused-ring (bicyclic) bond motifs is 1. The van der Waals surface area contributed by atoms with E-state index in [0.717, 1.165) is 5.92 Å². The molecule has 0 aromatic heterocycles. The second-order valence-corrected chi connectivity index (χ2v) is 7.44. The van der Waals surface area contributed by atoms with Crippen LogP contribution in [-0.2, 0) is 9.16 Å². The molecular weight excluding hydrogens is 204 g/mol. The van der Waals surface area contributed by atoms with E-state index in [1.54, 1.807) is 0 Å². The normalized spacial score (nSPS) is 34.6. The fraction of sp³-hybridized carbons (Fsp3) is 1.00. The summed E-state index contributed by atoms with van der Waals surface area (Å²) in [6, 6.07) is 1.31. The molecule has 1 saturated carbocycles. The van der Waals surface area contributed by atoms with E-state index < -0.39 is 9.04 Å². The first-order chi connectivity index (χ1) is 7.15. The van der Waals surface area contributed by atoms with Gasteiger partial charge in [-0.25, -0.2) is 0 Å². The van der Waals surface area contributed by atoms with E-state index in [4.69, 9.17) is 9.16 Å². The Labute approximate surface area is 95.1 Å². The third kappa shape index (κ3) is 3.57. The van der Waals surface area contributed by atoms with E-state index in [-0.39, 0.29) is 0 Å². The number of hydrogen-bond acceptors (Lipinski definition) is 2. The summed E-state index contributed by atoms with van der Waals surface area (Å²) in [6.07, 6.45) is 7.09. The van der Waals surface area contributed by atoms with Gasteiger partial charge in [-0.2, -0.15) is 0 Å². The molecule has 1 aliphatic carbocycles. The molecule has 0 bridgehead atoms. The van der Waals surface area contributed by atoms with E-state index in [1.807, 2.05) is 0 Å². The minimum absolute atomic E-state index is 0.409. The first-order valence-electron chi connectivity index (χ1n) is 6.29. The molecule has 2 rings (SSSR count). The Morgan fingerprint density at radius 2 is 2.13 bits per heavy atom. The lowest BCUT2D eigenvalue weighted by molar-refractivity contribution is 0.241. The Balaban J connectivity index is 1.60. The molecule has 1 heterocycles. The van der Waals surface area contributed by atoms with Crippen molar-refractivity contribution in [1.82, 2.24) is 0 Å². The molecule has 1 saturated heterocycles. The quantitative estimate of drug-likeness (QED) is 0.532. The van der Waals surface area contributed by atoms with Crippen LogP contribution in [0.15, 0.2) is 0 Å². The van der Waals surface area contributed by atoms with Crippen LogP contribution in [-0.4, -0.2) is 27.4 Å². The number of rotatable bonds is 5. The fourth-order valence-corrected chi connectivity index (χ4v) is 4.36. The number of hydrogen-bond donors (Lipinski definition) is 0. The highest BCUT2D eigenvalue weighted by Crippen LogP contribution is 2.41. The topological polar surface area (TPSA) is 21.8 Å². The lowest BCUT2D eigenvalue weighted by Gasteiger charge is -2.21. The van der Waals surface area contributed by atoms with Gasteiger partial charge in [-0.05, 0) is 51.6 Å². The van der Waals surface area contributed by atoms with Crippen molar-refractivity contribution < 1.29 is 9.16 Å². The van der Waals surface area contributed by atoms with Gasteiger partial charge in [-0.1, -0.05) is 6.42 Å². The Morgan fingerprint density at radius 3 is 2.80 bits per heavy atom. The highest BCUT2D eigenvalue weighted by atomic mass is 28.3. The van der Waals surface area contributed by atoms with Crippen molar-refractivity contribution in [3.8, 4) is 0 Å². The van der Waals surface area contributed by atoms with Crippen molar-refractivity contribution in [3.05, 3.63) is 0 Å². The highest BCUT2D eigenvalue weighted by Gasteiger charge is 2.43. The van der Waals surface area contributed by atoms with Gasteiger partial charge < -0.3 is 9.16 Å². The summed E-state index contributed by atoms with van der Waals surface area (Å²) < 4.78 is 11.4. The molecular formula is C12H23O2Si. The lowest BCUT2D eigenvalue weighted by atomic mass is 9.88. The van der Waals surface area contributed by atoms with E-state index in [0.29, 0.717) is 18.3 Å². The van der Waals surface area contributed by atoms with Gasteiger partial charge in [-0.15, -0.1) is 0 Å². The van der Waals surface area contributed by atoms with Crippen molar-refractivity contribution >= 4 is 9.04 Å². The molecule has 0 aromatic carbocycles. The van der Waals surface area contributed by atoms with E-state index in [1.165, 1.54) is 31.7 Å². The van der Waals surface area contributed by atoms with Gasteiger partial charge in [0.2, 0.25) is 9.04 Å². The fourth-order valence-electron chi connectivity index (χ4n) is 2.62. The molecule has 3 atom stereocenters. The van der Waals surface area contributed by atoms with Gasteiger partial charge in [0.25, 0.3) is 0 Å². The Bertz CT molecular complexity index is 208. The van der Waals surface area contributed by atoms with Crippen LogP contribution in [0, 0.1) is 5.92 Å². The van der Waals surface area contributed by atoms with E-state index in [2.05, 4.69) is 20.4 Å². The van der Waals surface area contributed by atoms with Crippen LogP contribution in [0.2, 0.25) is 12.6 Å². The highest BCUT2D eigenvalue weighted by molar-refractivity contribution is 6.50. The van der Waals surface area contributed by atoms with Crippen molar-refractivity contribution in [2.75, 3.05) is 0 Å². The summed E-state index contributed by atoms with van der Waals surface area (Å²) >= 11 is 0. The zero-order valence-electron chi connectivity index (χ0n) is 10.2. The third-order valence-electron chi connectivity index (χ3n) is 3.45. The molecule has 2 fully saturated rings. The maximum Gasteiger partial charge on any atom is 0.208 e. The minimum atomic E-state index is -0.532. The Morgan fingerprint density at radius 1 is 1.33 bits per heavy atom. The molecule has 15 heavy (non-hydrogen) atoms. The van der Waals surface area contributed by atoms with Gasteiger partial charge >= 0.3 is 0 Å². The SMILES string of the molecule is CC(C)O[Si](C)CCC1CCC2OC2C1. The number of epoxide rings is 1. The second-order valence-electron chi connectivity index (χ2n) is 5.30. The molecule has 0 N–H and O–H groups in total. The van der Waals surface area contributed by atoms with Crippen molar-refractivity contribution in [1.29, 1.82) is 0 Å². The summed E-state index contributed by atoms with van der Waals surface area (Å²) in [4.78, 5) is 0.